The van der Waals surface area contributed by atoms with Crippen LogP contribution in [0.15, 0.2) is 59.0 Å². The molecule has 3 rings (SSSR count). The molecule has 0 unspecified atom stereocenters. The molecular weight excluding hydrogens is 395 g/mol. The van der Waals surface area contributed by atoms with Crippen LogP contribution in [-0.4, -0.2) is 32.6 Å². The van der Waals surface area contributed by atoms with E-state index in [1.165, 1.54) is 10.9 Å². The molecule has 1 aromatic heterocycles. The van der Waals surface area contributed by atoms with E-state index in [1.54, 1.807) is 0 Å². The quantitative estimate of drug-likeness (QED) is 0.348. The second kappa shape index (κ2) is 8.15. The highest BCUT2D eigenvalue weighted by molar-refractivity contribution is 7.86. The van der Waals surface area contributed by atoms with Crippen LogP contribution < -0.4 is 10.1 Å². The normalized spacial score (nSPS) is 11.7. The molecule has 28 heavy (non-hydrogen) atoms. The molecule has 1 heterocycles. The molecule has 0 aliphatic heterocycles. The fourth-order valence-electron chi connectivity index (χ4n) is 2.34. The van der Waals surface area contributed by atoms with Crippen molar-refractivity contribution >= 4 is 20.9 Å². The van der Waals surface area contributed by atoms with E-state index in [9.17, 15) is 13.2 Å². The Morgan fingerprint density at radius 3 is 2.04 bits per heavy atom. The van der Waals surface area contributed by atoms with Gasteiger partial charge < -0.3 is 8.97 Å². The average Bonchev–Trinajstić information content (AvgIpc) is 2.60. The topological polar surface area (TPSA) is 73.3 Å². The number of alkyl halides is 3. The van der Waals surface area contributed by atoms with Gasteiger partial charge >= 0.3 is 11.1 Å². The summed E-state index contributed by atoms with van der Waals surface area (Å²) in [7, 11) is -2.08. The van der Waals surface area contributed by atoms with Crippen LogP contribution in [0.3, 0.4) is 0 Å². The van der Waals surface area contributed by atoms with E-state index in [4.69, 9.17) is 17.4 Å². The van der Waals surface area contributed by atoms with Gasteiger partial charge in [0.15, 0.2) is 10.1 Å². The largest absolute Gasteiger partial charge is 0.741 e. The highest BCUT2D eigenvalue weighted by atomic mass is 32.2. The standard InChI is InChI=1S/C18H18NO.CHF3O3S/c1-13-8-10-14(11-9-13)17-12-15-6-4-5-7-16(15)18(20-17)19(2)3;2-1(3,4)8(5,6)7/h4-12H,1-3H3;(H,5,6,7)/q+1;/p-1. The van der Waals surface area contributed by atoms with Crippen molar-refractivity contribution in [2.24, 2.45) is 0 Å². The molecule has 0 atom stereocenters. The van der Waals surface area contributed by atoms with Crippen molar-refractivity contribution in [2.75, 3.05) is 14.1 Å². The molecule has 0 N–H and O–H groups in total. The SMILES string of the molecule is Cc1ccc(-c2cc3ccccc3c(=[N+](C)C)o2)cc1.O=S(=O)([O-])C(F)(F)F. The lowest BCUT2D eigenvalue weighted by atomic mass is 10.1. The molecule has 0 fully saturated rings. The molecule has 3 aromatic rings. The molecule has 0 bridgehead atoms. The van der Waals surface area contributed by atoms with Crippen molar-refractivity contribution < 1.29 is 30.6 Å². The molecule has 2 aromatic carbocycles. The molecular formula is C19H18F3NO4S. The van der Waals surface area contributed by atoms with Crippen LogP contribution in [0.25, 0.3) is 22.1 Å². The Hall–Kier alpha value is -2.65. The third-order valence-corrected chi connectivity index (χ3v) is 4.28. The molecule has 0 radical (unpaired) electrons. The number of fused-ring (bicyclic) bond motifs is 1. The molecule has 0 saturated carbocycles. The van der Waals surface area contributed by atoms with Crippen LogP contribution in [-0.2, 0) is 10.1 Å². The Bertz CT molecular complexity index is 1140. The van der Waals surface area contributed by atoms with E-state index in [-0.39, 0.29) is 0 Å². The lowest BCUT2D eigenvalue weighted by Gasteiger charge is -2.08. The Morgan fingerprint density at radius 1 is 1.00 bits per heavy atom. The van der Waals surface area contributed by atoms with Gasteiger partial charge in [-0.15, -0.1) is 0 Å². The lowest BCUT2D eigenvalue weighted by molar-refractivity contribution is -0.0517. The van der Waals surface area contributed by atoms with E-state index in [0.29, 0.717) is 0 Å². The van der Waals surface area contributed by atoms with Crippen LogP contribution in [0.4, 0.5) is 13.2 Å². The van der Waals surface area contributed by atoms with Crippen LogP contribution in [0.5, 0.6) is 0 Å². The number of benzene rings is 2. The number of rotatable bonds is 1. The molecule has 0 spiro atoms. The first kappa shape index (κ1) is 21.6. The van der Waals surface area contributed by atoms with Gasteiger partial charge in [-0.25, -0.2) is 13.0 Å². The van der Waals surface area contributed by atoms with Gasteiger partial charge in [0.05, 0.1) is 5.39 Å². The maximum atomic E-state index is 10.7. The van der Waals surface area contributed by atoms with Crippen molar-refractivity contribution in [3.8, 4) is 11.3 Å². The summed E-state index contributed by atoms with van der Waals surface area (Å²) in [5.41, 5.74) is -2.40. The minimum Gasteiger partial charge on any atom is -0.741 e. The summed E-state index contributed by atoms with van der Waals surface area (Å²) in [4.78, 5) is 0. The van der Waals surface area contributed by atoms with Crippen LogP contribution >= 0.6 is 0 Å². The first-order valence-electron chi connectivity index (χ1n) is 8.02. The summed E-state index contributed by atoms with van der Waals surface area (Å²) < 4.78 is 67.0. The monoisotopic (exact) mass is 413 g/mol. The van der Waals surface area contributed by atoms with E-state index in [1.807, 2.05) is 24.7 Å². The summed E-state index contributed by atoms with van der Waals surface area (Å²) in [6.07, 6.45) is 0. The van der Waals surface area contributed by atoms with Crippen molar-refractivity contribution in [1.29, 1.82) is 0 Å². The van der Waals surface area contributed by atoms with Crippen molar-refractivity contribution in [2.45, 2.75) is 12.4 Å². The molecule has 9 heteroatoms. The molecule has 0 amide bonds. The fourth-order valence-corrected chi connectivity index (χ4v) is 2.34. The summed E-state index contributed by atoms with van der Waals surface area (Å²) in [6, 6.07) is 18.8. The maximum Gasteiger partial charge on any atom is 0.485 e. The van der Waals surface area contributed by atoms with Gasteiger partial charge in [-0.1, -0.05) is 48.0 Å². The number of hydrogen-bond donors (Lipinski definition) is 0. The Kier molecular flexibility index (Phi) is 6.30. The maximum absolute atomic E-state index is 10.7. The molecule has 150 valence electrons. The second-order valence-corrected chi connectivity index (χ2v) is 7.53. The highest BCUT2D eigenvalue weighted by Gasteiger charge is 2.36. The Balaban J connectivity index is 0.000000300. The summed E-state index contributed by atoms with van der Waals surface area (Å²) >= 11 is 0. The van der Waals surface area contributed by atoms with Crippen molar-refractivity contribution in [1.82, 2.24) is 4.58 Å². The van der Waals surface area contributed by atoms with E-state index < -0.39 is 15.6 Å². The first-order chi connectivity index (χ1) is 12.9. The number of aryl methyl sites for hydroxylation is 1. The first-order valence-corrected chi connectivity index (χ1v) is 9.43. The van der Waals surface area contributed by atoms with Gasteiger partial charge in [-0.05, 0) is 24.4 Å². The number of nitrogens with zero attached hydrogens (tertiary/aromatic N) is 1. The van der Waals surface area contributed by atoms with E-state index >= 15 is 0 Å². The van der Waals surface area contributed by atoms with Gasteiger partial charge in [0.2, 0.25) is 0 Å². The zero-order valence-electron chi connectivity index (χ0n) is 15.3. The van der Waals surface area contributed by atoms with Crippen LogP contribution in [0, 0.1) is 6.92 Å². The van der Waals surface area contributed by atoms with Crippen molar-refractivity contribution in [3.63, 3.8) is 0 Å². The Morgan fingerprint density at radius 2 is 1.54 bits per heavy atom. The summed E-state index contributed by atoms with van der Waals surface area (Å²) in [6.45, 7) is 2.09. The third-order valence-electron chi connectivity index (χ3n) is 3.71. The van der Waals surface area contributed by atoms with Gasteiger partial charge in [-0.3, -0.25) is 0 Å². The summed E-state index contributed by atoms with van der Waals surface area (Å²) in [5, 5.41) is 2.33. The number of halogens is 3. The Labute approximate surface area is 160 Å². The summed E-state index contributed by atoms with van der Waals surface area (Å²) in [5.74, 6) is 0.896. The minimum absolute atomic E-state index is 0.888. The molecule has 0 aliphatic rings. The fraction of sp³-hybridized carbons (Fsp3) is 0.211. The molecule has 0 aliphatic carbocycles. The highest BCUT2D eigenvalue weighted by Crippen LogP contribution is 2.22. The average molecular weight is 413 g/mol. The smallest absolute Gasteiger partial charge is 0.485 e. The minimum atomic E-state index is -6.09. The number of hydrogen-bond acceptors (Lipinski definition) is 4. The van der Waals surface area contributed by atoms with Gasteiger partial charge in [0.1, 0.15) is 19.9 Å². The van der Waals surface area contributed by atoms with E-state index in [0.717, 1.165) is 22.3 Å². The zero-order chi connectivity index (χ0) is 21.1. The van der Waals surface area contributed by atoms with Crippen molar-refractivity contribution in [3.05, 3.63) is 65.7 Å². The van der Waals surface area contributed by atoms with Gasteiger partial charge in [0.25, 0.3) is 0 Å². The van der Waals surface area contributed by atoms with Crippen LogP contribution in [0.2, 0.25) is 0 Å². The lowest BCUT2D eigenvalue weighted by Crippen LogP contribution is -2.22. The van der Waals surface area contributed by atoms with E-state index in [2.05, 4.69) is 55.5 Å². The zero-order valence-corrected chi connectivity index (χ0v) is 16.1. The second-order valence-electron chi connectivity index (χ2n) is 6.16. The molecule has 5 nitrogen and oxygen atoms in total. The molecule has 0 saturated heterocycles. The predicted molar refractivity (Wildman–Crippen MR) is 99.3 cm³/mol. The van der Waals surface area contributed by atoms with Crippen LogP contribution in [0.1, 0.15) is 5.56 Å². The third kappa shape index (κ3) is 5.20. The van der Waals surface area contributed by atoms with Gasteiger partial charge in [-0.2, -0.15) is 13.2 Å². The van der Waals surface area contributed by atoms with Gasteiger partial charge in [0, 0.05) is 5.56 Å². The predicted octanol–water partition coefficient (Wildman–Crippen LogP) is 3.49.